The van der Waals surface area contributed by atoms with Crippen molar-refractivity contribution in [3.63, 3.8) is 0 Å². The highest BCUT2D eigenvalue weighted by molar-refractivity contribution is 5.40. The SMILES string of the molecule is CC(C)(C)c1ccccc1CN1CCN2CCCC2C1.CC(C)(C)c1ccccc1OC1CCNCC1.CC(C)(C)c1ccccc1O[C@H]1CCCNC1.CN(C)CCOc1cc(F)ccc1C(C)(C)C. The Bertz CT molecular complexity index is 2100. The van der Waals surface area contributed by atoms with Crippen LogP contribution in [-0.2, 0) is 28.2 Å². The predicted molar refractivity (Wildman–Crippen MR) is 297 cm³/mol. The van der Waals surface area contributed by atoms with Crippen molar-refractivity contribution in [3.05, 3.63) is 125 Å². The van der Waals surface area contributed by atoms with E-state index >= 15 is 0 Å². The van der Waals surface area contributed by atoms with Gasteiger partial charge in [0.2, 0.25) is 0 Å². The Balaban J connectivity index is 0.000000177. The number of para-hydroxylation sites is 2. The van der Waals surface area contributed by atoms with Crippen LogP contribution < -0.4 is 24.8 Å². The third-order valence-electron chi connectivity index (χ3n) is 14.0. The summed E-state index contributed by atoms with van der Waals surface area (Å²) in [5.41, 5.74) is 7.15. The van der Waals surface area contributed by atoms with E-state index in [-0.39, 0.29) is 27.5 Å². The van der Waals surface area contributed by atoms with Crippen molar-refractivity contribution >= 4 is 0 Å². The van der Waals surface area contributed by atoms with Crippen molar-refractivity contribution in [2.24, 2.45) is 0 Å². The molecule has 4 aromatic carbocycles. The van der Waals surface area contributed by atoms with Crippen LogP contribution in [-0.4, -0.2) is 113 Å². The van der Waals surface area contributed by atoms with Crippen LogP contribution in [0.4, 0.5) is 4.39 Å². The molecule has 1 unspecified atom stereocenters. The van der Waals surface area contributed by atoms with E-state index in [0.29, 0.717) is 24.6 Å². The summed E-state index contributed by atoms with van der Waals surface area (Å²) in [5.74, 6) is 2.51. The second-order valence-electron chi connectivity index (χ2n) is 24.7. The molecule has 0 aromatic heterocycles. The quantitative estimate of drug-likeness (QED) is 0.163. The molecule has 0 amide bonds. The van der Waals surface area contributed by atoms with Gasteiger partial charge in [-0.2, -0.15) is 0 Å². The summed E-state index contributed by atoms with van der Waals surface area (Å²) in [4.78, 5) is 7.39. The summed E-state index contributed by atoms with van der Waals surface area (Å²) in [6, 6.07) is 31.4. The molecule has 2 atom stereocenters. The molecule has 4 aliphatic heterocycles. The van der Waals surface area contributed by atoms with Gasteiger partial charge in [-0.05, 0) is 146 Å². The molecule has 4 aliphatic rings. The fraction of sp³-hybridized carbons (Fsp3) is 0.613. The van der Waals surface area contributed by atoms with Gasteiger partial charge in [0, 0.05) is 51.4 Å². The number of likely N-dealkylation sites (N-methyl/N-ethyl adjacent to an activating group) is 1. The zero-order chi connectivity index (χ0) is 51.8. The third-order valence-corrected chi connectivity index (χ3v) is 14.0. The highest BCUT2D eigenvalue weighted by atomic mass is 19.1. The van der Waals surface area contributed by atoms with E-state index < -0.39 is 0 Å². The third kappa shape index (κ3) is 19.1. The highest BCUT2D eigenvalue weighted by Gasteiger charge is 2.31. The Kier molecular flexibility index (Phi) is 21.9. The molecular weight excluding hydrogens is 882 g/mol. The largest absolute Gasteiger partial charge is 0.492 e. The van der Waals surface area contributed by atoms with E-state index in [1.54, 1.807) is 6.07 Å². The molecular formula is C62H96FN5O3. The number of piperidine rings is 2. The lowest BCUT2D eigenvalue weighted by atomic mass is 9.83. The number of nitrogens with zero attached hydrogens (tertiary/aromatic N) is 3. The van der Waals surface area contributed by atoms with E-state index in [4.69, 9.17) is 14.2 Å². The molecule has 8 nitrogen and oxygen atoms in total. The van der Waals surface area contributed by atoms with Gasteiger partial charge in [-0.15, -0.1) is 0 Å². The molecule has 2 N–H and O–H groups in total. The Morgan fingerprint density at radius 1 is 0.563 bits per heavy atom. The standard InChI is InChI=1S/C18H28N2.2C15H23NO.C14H22FNO/c1-18(2,3)17-9-5-4-7-15(17)13-19-11-12-20-10-6-8-16(20)14-19;1-15(2,3)13-8-4-5-9-14(13)17-12-7-6-10-16-11-12;1-15(2,3)13-6-4-5-7-14(13)17-12-8-10-16-11-9-12;1-14(2,3)12-7-6-11(15)10-13(12)17-9-8-16(4)5/h4-5,7,9,16H,6,8,10-14H2,1-3H3;4-5,8-9,12,16H,6-7,10-11H2,1-3H3;4-7,12,16H,8-11H2,1-3H3;6-7,10H,8-9H2,1-5H3/t;12-;;/m.0../s1. The van der Waals surface area contributed by atoms with Crippen molar-refractivity contribution in [2.45, 2.75) is 168 Å². The molecule has 0 spiro atoms. The number of hydrogen-bond acceptors (Lipinski definition) is 8. The first-order valence-corrected chi connectivity index (χ1v) is 27.0. The van der Waals surface area contributed by atoms with Crippen LogP contribution in [0.2, 0.25) is 0 Å². The lowest BCUT2D eigenvalue weighted by molar-refractivity contribution is 0.0990. The van der Waals surface area contributed by atoms with E-state index in [1.165, 1.54) is 79.8 Å². The van der Waals surface area contributed by atoms with Crippen LogP contribution in [0.5, 0.6) is 17.2 Å². The minimum Gasteiger partial charge on any atom is -0.492 e. The average molecular weight is 978 g/mol. The van der Waals surface area contributed by atoms with Crippen LogP contribution in [0.1, 0.15) is 149 Å². The van der Waals surface area contributed by atoms with Gasteiger partial charge in [0.1, 0.15) is 41.9 Å². The minimum atomic E-state index is -0.252. The number of rotatable bonds is 10. The second-order valence-corrected chi connectivity index (χ2v) is 24.7. The Morgan fingerprint density at radius 2 is 1.11 bits per heavy atom. The van der Waals surface area contributed by atoms with Gasteiger partial charge in [-0.25, -0.2) is 4.39 Å². The highest BCUT2D eigenvalue weighted by Crippen LogP contribution is 2.35. The molecule has 4 fully saturated rings. The van der Waals surface area contributed by atoms with Crippen molar-refractivity contribution in [2.75, 3.05) is 79.6 Å². The topological polar surface area (TPSA) is 61.5 Å². The number of hydrogen-bond donors (Lipinski definition) is 2. The van der Waals surface area contributed by atoms with Gasteiger partial charge in [-0.1, -0.05) is 150 Å². The normalized spacial score (nSPS) is 19.3. The zero-order valence-corrected chi connectivity index (χ0v) is 46.9. The van der Waals surface area contributed by atoms with Crippen LogP contribution >= 0.6 is 0 Å². The van der Waals surface area contributed by atoms with Crippen LogP contribution in [0.3, 0.4) is 0 Å². The molecule has 8 rings (SSSR count). The van der Waals surface area contributed by atoms with E-state index in [1.807, 2.05) is 19.0 Å². The Hall–Kier alpha value is -3.99. The van der Waals surface area contributed by atoms with Gasteiger partial charge in [0.25, 0.3) is 0 Å². The fourth-order valence-electron chi connectivity index (χ4n) is 9.97. The summed E-state index contributed by atoms with van der Waals surface area (Å²) in [6.45, 7) is 38.5. The van der Waals surface area contributed by atoms with Crippen molar-refractivity contribution in [1.82, 2.24) is 25.3 Å². The molecule has 0 bridgehead atoms. The number of halogens is 1. The molecule has 4 heterocycles. The Morgan fingerprint density at radius 3 is 1.68 bits per heavy atom. The lowest BCUT2D eigenvalue weighted by Gasteiger charge is -2.38. The number of piperazine rings is 1. The van der Waals surface area contributed by atoms with Crippen molar-refractivity contribution in [1.29, 1.82) is 0 Å². The molecule has 4 aromatic rings. The van der Waals surface area contributed by atoms with Crippen molar-refractivity contribution in [3.8, 4) is 17.2 Å². The predicted octanol–water partition coefficient (Wildman–Crippen LogP) is 12.6. The van der Waals surface area contributed by atoms with Crippen LogP contribution in [0.15, 0.2) is 91.0 Å². The Labute approximate surface area is 431 Å². The van der Waals surface area contributed by atoms with E-state index in [0.717, 1.165) is 81.6 Å². The van der Waals surface area contributed by atoms with Gasteiger partial charge in [0.15, 0.2) is 0 Å². The van der Waals surface area contributed by atoms with Gasteiger partial charge >= 0.3 is 0 Å². The fourth-order valence-corrected chi connectivity index (χ4v) is 9.97. The zero-order valence-electron chi connectivity index (χ0n) is 46.9. The first-order valence-electron chi connectivity index (χ1n) is 27.0. The number of fused-ring (bicyclic) bond motifs is 1. The average Bonchev–Trinajstić information content (AvgIpc) is 3.78. The van der Waals surface area contributed by atoms with Crippen LogP contribution in [0, 0.1) is 5.82 Å². The summed E-state index contributed by atoms with van der Waals surface area (Å²) in [6.07, 6.45) is 8.09. The minimum absolute atomic E-state index is 0.0405. The maximum Gasteiger partial charge on any atom is 0.126 e. The molecule has 4 saturated heterocycles. The van der Waals surface area contributed by atoms with Gasteiger partial charge < -0.3 is 29.7 Å². The van der Waals surface area contributed by atoms with Gasteiger partial charge in [-0.3, -0.25) is 9.80 Å². The first kappa shape index (κ1) is 57.9. The maximum absolute atomic E-state index is 13.2. The van der Waals surface area contributed by atoms with E-state index in [9.17, 15) is 4.39 Å². The number of benzene rings is 4. The summed E-state index contributed by atoms with van der Waals surface area (Å²) < 4.78 is 31.2. The molecule has 0 aliphatic carbocycles. The summed E-state index contributed by atoms with van der Waals surface area (Å²) >= 11 is 0. The monoisotopic (exact) mass is 978 g/mol. The maximum atomic E-state index is 13.2. The number of ether oxygens (including phenoxy) is 3. The first-order chi connectivity index (χ1) is 33.5. The van der Waals surface area contributed by atoms with Gasteiger partial charge in [0.05, 0.1) is 0 Å². The molecule has 0 saturated carbocycles. The summed E-state index contributed by atoms with van der Waals surface area (Å²) in [5, 5.41) is 6.75. The molecule has 0 radical (unpaired) electrons. The molecule has 71 heavy (non-hydrogen) atoms. The molecule has 394 valence electrons. The number of nitrogens with one attached hydrogen (secondary N) is 2. The second kappa shape index (κ2) is 26.8. The smallest absolute Gasteiger partial charge is 0.126 e. The summed E-state index contributed by atoms with van der Waals surface area (Å²) in [7, 11) is 3.97. The lowest BCUT2D eigenvalue weighted by Crippen LogP contribution is -2.49. The van der Waals surface area contributed by atoms with Crippen LogP contribution in [0.25, 0.3) is 0 Å². The van der Waals surface area contributed by atoms with E-state index in [2.05, 4.69) is 176 Å². The van der Waals surface area contributed by atoms with Crippen molar-refractivity contribution < 1.29 is 18.6 Å². The molecule has 9 heteroatoms.